The molecule has 0 aliphatic rings. The lowest BCUT2D eigenvalue weighted by Gasteiger charge is -2.12. The van der Waals surface area contributed by atoms with Crippen LogP contribution in [0.25, 0.3) is 89.0 Å². The summed E-state index contributed by atoms with van der Waals surface area (Å²) in [6, 6.07) is 49.2. The molecule has 0 radical (unpaired) electrons. The first-order chi connectivity index (χ1) is 22.3. The molecule has 0 amide bonds. The maximum absolute atomic E-state index is 6.51. The summed E-state index contributed by atoms with van der Waals surface area (Å²) in [6.45, 7) is 0. The first-order valence-corrected chi connectivity index (χ1v) is 14.9. The Bertz CT molecular complexity index is 2480. The van der Waals surface area contributed by atoms with E-state index in [0.29, 0.717) is 17.5 Å². The zero-order chi connectivity index (χ0) is 29.7. The normalized spacial score (nSPS) is 11.6. The zero-order valence-corrected chi connectivity index (χ0v) is 24.1. The summed E-state index contributed by atoms with van der Waals surface area (Å²) in [5.74, 6) is 1.87. The predicted molar refractivity (Wildman–Crippen MR) is 182 cm³/mol. The molecule has 9 rings (SSSR count). The zero-order valence-electron chi connectivity index (χ0n) is 24.1. The number of aromatic nitrogens is 4. The second-order valence-corrected chi connectivity index (χ2v) is 11.1. The number of nitrogens with zero attached hydrogens (tertiary/aromatic N) is 4. The van der Waals surface area contributed by atoms with E-state index in [4.69, 9.17) is 24.4 Å². The van der Waals surface area contributed by atoms with Crippen LogP contribution < -0.4 is 0 Å². The number of para-hydroxylation sites is 2. The molecule has 3 aromatic heterocycles. The number of fused-ring (bicyclic) bond motifs is 7. The number of hydrogen-bond acceptors (Lipinski definition) is 5. The lowest BCUT2D eigenvalue weighted by molar-refractivity contribution is 0.673. The average molecular weight is 577 g/mol. The van der Waals surface area contributed by atoms with Crippen LogP contribution in [0.5, 0.6) is 0 Å². The van der Waals surface area contributed by atoms with Crippen LogP contribution in [0.2, 0.25) is 0 Å². The molecule has 45 heavy (non-hydrogen) atoms. The minimum Gasteiger partial charge on any atom is -0.455 e. The number of rotatable bonds is 4. The second kappa shape index (κ2) is 10.2. The molecule has 0 aliphatic carbocycles. The minimum absolute atomic E-state index is 0.606. The number of benzene rings is 6. The molecule has 5 heteroatoms. The smallest absolute Gasteiger partial charge is 0.164 e. The Kier molecular flexibility index (Phi) is 5.74. The molecule has 5 nitrogen and oxygen atoms in total. The van der Waals surface area contributed by atoms with E-state index < -0.39 is 0 Å². The molecule has 0 unspecified atom stereocenters. The van der Waals surface area contributed by atoms with Gasteiger partial charge in [0.15, 0.2) is 17.5 Å². The van der Waals surface area contributed by atoms with E-state index in [1.807, 2.05) is 91.0 Å². The van der Waals surface area contributed by atoms with Gasteiger partial charge in [0.1, 0.15) is 11.2 Å². The van der Waals surface area contributed by atoms with Gasteiger partial charge in [-0.05, 0) is 24.3 Å². The van der Waals surface area contributed by atoms with E-state index in [2.05, 4.69) is 54.6 Å². The molecule has 0 bridgehead atoms. The summed E-state index contributed by atoms with van der Waals surface area (Å²) < 4.78 is 6.51. The predicted octanol–water partition coefficient (Wildman–Crippen LogP) is 10.1. The highest BCUT2D eigenvalue weighted by Crippen LogP contribution is 2.41. The fourth-order valence-corrected chi connectivity index (χ4v) is 6.18. The molecule has 0 atom stereocenters. The molecule has 3 heterocycles. The summed E-state index contributed by atoms with van der Waals surface area (Å²) in [6.07, 6.45) is 0. The Morgan fingerprint density at radius 2 is 0.933 bits per heavy atom. The average Bonchev–Trinajstić information content (AvgIpc) is 3.51. The van der Waals surface area contributed by atoms with Crippen LogP contribution in [0.4, 0.5) is 0 Å². The molecule has 6 aromatic carbocycles. The Morgan fingerprint density at radius 1 is 0.378 bits per heavy atom. The van der Waals surface area contributed by atoms with Crippen LogP contribution in [-0.4, -0.2) is 19.9 Å². The molecule has 0 aliphatic heterocycles. The van der Waals surface area contributed by atoms with Gasteiger partial charge in [0.05, 0.1) is 11.2 Å². The highest BCUT2D eigenvalue weighted by atomic mass is 16.3. The molecular weight excluding hydrogens is 552 g/mol. The lowest BCUT2D eigenvalue weighted by Crippen LogP contribution is -2.00. The minimum atomic E-state index is 0.606. The van der Waals surface area contributed by atoms with Gasteiger partial charge in [-0.15, -0.1) is 0 Å². The largest absolute Gasteiger partial charge is 0.455 e. The molecule has 9 aromatic rings. The van der Waals surface area contributed by atoms with Gasteiger partial charge in [-0.25, -0.2) is 19.9 Å². The fourth-order valence-electron chi connectivity index (χ4n) is 6.18. The van der Waals surface area contributed by atoms with Gasteiger partial charge < -0.3 is 4.42 Å². The van der Waals surface area contributed by atoms with Crippen molar-refractivity contribution in [3.63, 3.8) is 0 Å². The molecule has 0 N–H and O–H groups in total. The maximum atomic E-state index is 6.51. The summed E-state index contributed by atoms with van der Waals surface area (Å²) >= 11 is 0. The molecule has 0 fully saturated rings. The third kappa shape index (κ3) is 4.25. The first-order valence-electron chi connectivity index (χ1n) is 14.9. The van der Waals surface area contributed by atoms with Crippen molar-refractivity contribution < 1.29 is 4.42 Å². The Hall–Kier alpha value is -6.20. The highest BCUT2D eigenvalue weighted by molar-refractivity contribution is 6.24. The summed E-state index contributed by atoms with van der Waals surface area (Å²) in [7, 11) is 0. The summed E-state index contributed by atoms with van der Waals surface area (Å²) in [5.41, 5.74) is 7.28. The topological polar surface area (TPSA) is 64.7 Å². The fraction of sp³-hybridized carbons (Fsp3) is 0. The molecule has 0 saturated carbocycles. The maximum Gasteiger partial charge on any atom is 0.164 e. The number of hydrogen-bond donors (Lipinski definition) is 0. The van der Waals surface area contributed by atoms with E-state index in [0.717, 1.165) is 71.6 Å². The van der Waals surface area contributed by atoms with Gasteiger partial charge in [0.2, 0.25) is 0 Å². The number of pyridine rings is 1. The number of furan rings is 1. The van der Waals surface area contributed by atoms with Crippen molar-refractivity contribution in [2.45, 2.75) is 0 Å². The van der Waals surface area contributed by atoms with Crippen LogP contribution in [-0.2, 0) is 0 Å². The van der Waals surface area contributed by atoms with Crippen LogP contribution in [0.1, 0.15) is 0 Å². The quantitative estimate of drug-likeness (QED) is 0.195. The third-order valence-corrected chi connectivity index (χ3v) is 8.30. The molecule has 0 spiro atoms. The highest BCUT2D eigenvalue weighted by Gasteiger charge is 2.18. The van der Waals surface area contributed by atoms with Gasteiger partial charge >= 0.3 is 0 Å². The van der Waals surface area contributed by atoms with Crippen molar-refractivity contribution >= 4 is 43.6 Å². The van der Waals surface area contributed by atoms with Gasteiger partial charge in [0.25, 0.3) is 0 Å². The van der Waals surface area contributed by atoms with E-state index in [1.165, 1.54) is 0 Å². The van der Waals surface area contributed by atoms with Gasteiger partial charge in [-0.3, -0.25) is 0 Å². The van der Waals surface area contributed by atoms with E-state index in [1.54, 1.807) is 0 Å². The van der Waals surface area contributed by atoms with Crippen LogP contribution in [0, 0.1) is 0 Å². The van der Waals surface area contributed by atoms with Crippen molar-refractivity contribution in [1.82, 2.24) is 19.9 Å². The Balaban J connectivity index is 1.27. The van der Waals surface area contributed by atoms with Crippen molar-refractivity contribution in [3.05, 3.63) is 146 Å². The van der Waals surface area contributed by atoms with Gasteiger partial charge in [0, 0.05) is 49.2 Å². The van der Waals surface area contributed by atoms with Gasteiger partial charge in [-0.1, -0.05) is 121 Å². The van der Waals surface area contributed by atoms with Crippen LogP contribution in [0.15, 0.2) is 150 Å². The summed E-state index contributed by atoms with van der Waals surface area (Å²) in [5, 5.41) is 5.36. The van der Waals surface area contributed by atoms with Crippen molar-refractivity contribution in [2.75, 3.05) is 0 Å². The SMILES string of the molecule is c1ccc(-c2nc(-c3ccccc3)nc(-c3cccc(-c4nc5ccccc5c5c4ccc4c6ccccc6oc45)c3)n2)cc1. The first kappa shape index (κ1) is 25.3. The van der Waals surface area contributed by atoms with Crippen LogP contribution >= 0.6 is 0 Å². The Morgan fingerprint density at radius 3 is 1.67 bits per heavy atom. The monoisotopic (exact) mass is 576 g/mol. The van der Waals surface area contributed by atoms with Gasteiger partial charge in [-0.2, -0.15) is 0 Å². The standard InChI is InChI=1S/C40H24N4O/c1-3-12-25(13-4-1)38-42-39(26-14-5-2-6-15-26)44-40(43-38)28-17-11-16-27(24-28)36-32-23-22-30-29-18-8-10-21-34(29)45-37(30)35(32)31-19-7-9-20-33(31)41-36/h1-24H. The van der Waals surface area contributed by atoms with Crippen molar-refractivity contribution in [3.8, 4) is 45.4 Å². The second-order valence-electron chi connectivity index (χ2n) is 11.1. The van der Waals surface area contributed by atoms with E-state index in [9.17, 15) is 0 Å². The van der Waals surface area contributed by atoms with Crippen molar-refractivity contribution in [1.29, 1.82) is 0 Å². The third-order valence-electron chi connectivity index (χ3n) is 8.30. The van der Waals surface area contributed by atoms with E-state index in [-0.39, 0.29) is 0 Å². The Labute approximate surface area is 258 Å². The van der Waals surface area contributed by atoms with Crippen LogP contribution in [0.3, 0.4) is 0 Å². The molecule has 0 saturated heterocycles. The molecule has 210 valence electrons. The van der Waals surface area contributed by atoms with E-state index >= 15 is 0 Å². The molecular formula is C40H24N4O. The summed E-state index contributed by atoms with van der Waals surface area (Å²) in [4.78, 5) is 20.0. The lowest BCUT2D eigenvalue weighted by atomic mass is 9.97. The van der Waals surface area contributed by atoms with Crippen molar-refractivity contribution in [2.24, 2.45) is 0 Å².